The van der Waals surface area contributed by atoms with Gasteiger partial charge in [0, 0.05) is 12.4 Å². The second kappa shape index (κ2) is 4.03. The number of nitrogens with one attached hydrogen (secondary N) is 1. The van der Waals surface area contributed by atoms with Crippen LogP contribution in [0.15, 0.2) is 36.7 Å². The Bertz CT molecular complexity index is 546. The zero-order valence-electron chi connectivity index (χ0n) is 10.3. The number of benzene rings is 1. The van der Waals surface area contributed by atoms with Crippen molar-refractivity contribution in [1.82, 2.24) is 9.78 Å². The molecule has 2 heterocycles. The zero-order valence-corrected chi connectivity index (χ0v) is 10.3. The lowest BCUT2D eigenvalue weighted by atomic mass is 10.00. The number of nitrogens with two attached hydrogens (primary N) is 1. The Morgan fingerprint density at radius 3 is 2.89 bits per heavy atom. The fraction of sp³-hybridized carbons (Fsp3) is 0.308. The van der Waals surface area contributed by atoms with E-state index in [0.717, 1.165) is 17.1 Å². The highest BCUT2D eigenvalue weighted by molar-refractivity contribution is 5.70. The molecule has 94 valence electrons. The molecule has 5 heteroatoms. The molecule has 2 aromatic rings. The van der Waals surface area contributed by atoms with E-state index in [0.29, 0.717) is 13.2 Å². The Kier molecular flexibility index (Phi) is 2.48. The highest BCUT2D eigenvalue weighted by Gasteiger charge is 2.33. The number of anilines is 2. The molecule has 3 N–H and O–H groups in total. The van der Waals surface area contributed by atoms with Crippen LogP contribution in [0.25, 0.3) is 5.69 Å². The van der Waals surface area contributed by atoms with Gasteiger partial charge in [0.25, 0.3) is 0 Å². The van der Waals surface area contributed by atoms with Crippen LogP contribution >= 0.6 is 0 Å². The average Bonchev–Trinajstić information content (AvgIpc) is 2.83. The van der Waals surface area contributed by atoms with E-state index in [1.165, 1.54) is 0 Å². The molecule has 5 nitrogen and oxygen atoms in total. The molecule has 1 aromatic heterocycles. The Morgan fingerprint density at radius 2 is 2.28 bits per heavy atom. The van der Waals surface area contributed by atoms with Crippen molar-refractivity contribution in [3.05, 3.63) is 36.7 Å². The van der Waals surface area contributed by atoms with Crippen LogP contribution in [-0.2, 0) is 4.74 Å². The van der Waals surface area contributed by atoms with Gasteiger partial charge in [-0.2, -0.15) is 5.10 Å². The smallest absolute Gasteiger partial charge is 0.0812 e. The molecule has 1 aliphatic rings. The molecule has 0 amide bonds. The van der Waals surface area contributed by atoms with E-state index in [4.69, 9.17) is 10.5 Å². The monoisotopic (exact) mass is 244 g/mol. The maximum absolute atomic E-state index is 6.00. The summed E-state index contributed by atoms with van der Waals surface area (Å²) in [5.41, 5.74) is 8.63. The molecule has 0 atom stereocenters. The summed E-state index contributed by atoms with van der Waals surface area (Å²) in [4.78, 5) is 0. The van der Waals surface area contributed by atoms with Gasteiger partial charge in [-0.05, 0) is 31.2 Å². The molecule has 0 spiro atoms. The maximum Gasteiger partial charge on any atom is 0.0812 e. The molecule has 1 saturated heterocycles. The normalized spacial score (nSPS) is 17.2. The Morgan fingerprint density at radius 1 is 1.44 bits per heavy atom. The summed E-state index contributed by atoms with van der Waals surface area (Å²) in [6, 6.07) is 7.74. The summed E-state index contributed by atoms with van der Waals surface area (Å²) >= 11 is 0. The molecule has 1 aliphatic heterocycles. The van der Waals surface area contributed by atoms with E-state index in [-0.39, 0.29) is 5.54 Å². The molecule has 18 heavy (non-hydrogen) atoms. The highest BCUT2D eigenvalue weighted by Crippen LogP contribution is 2.28. The van der Waals surface area contributed by atoms with Crippen molar-refractivity contribution in [1.29, 1.82) is 0 Å². The van der Waals surface area contributed by atoms with E-state index in [1.807, 2.05) is 35.1 Å². The molecule has 3 rings (SSSR count). The summed E-state index contributed by atoms with van der Waals surface area (Å²) in [6.07, 6.45) is 3.66. The standard InChI is InChI=1S/C13H16N4O/c1-13(8-18-9-13)16-12-7-10(3-4-11(12)14)17-6-2-5-15-17/h2-7,16H,8-9,14H2,1H3. The lowest BCUT2D eigenvalue weighted by Gasteiger charge is -2.40. The highest BCUT2D eigenvalue weighted by atomic mass is 16.5. The van der Waals surface area contributed by atoms with Gasteiger partial charge in [0.2, 0.25) is 0 Å². The van der Waals surface area contributed by atoms with Crippen LogP contribution in [0.5, 0.6) is 0 Å². The molecular formula is C13H16N4O. The molecular weight excluding hydrogens is 228 g/mol. The summed E-state index contributed by atoms with van der Waals surface area (Å²) in [6.45, 7) is 3.54. The van der Waals surface area contributed by atoms with Gasteiger partial charge in [0.15, 0.2) is 0 Å². The van der Waals surface area contributed by atoms with E-state index in [2.05, 4.69) is 17.3 Å². The lowest BCUT2D eigenvalue weighted by Crippen LogP contribution is -2.53. The third kappa shape index (κ3) is 1.93. The predicted octanol–water partition coefficient (Wildman–Crippen LogP) is 1.66. The molecule has 1 fully saturated rings. The van der Waals surface area contributed by atoms with E-state index in [1.54, 1.807) is 6.20 Å². The first-order valence-electron chi connectivity index (χ1n) is 5.92. The lowest BCUT2D eigenvalue weighted by molar-refractivity contribution is -0.0318. The van der Waals surface area contributed by atoms with Crippen molar-refractivity contribution in [3.63, 3.8) is 0 Å². The van der Waals surface area contributed by atoms with E-state index >= 15 is 0 Å². The summed E-state index contributed by atoms with van der Waals surface area (Å²) in [5, 5.41) is 7.65. The number of hydrogen-bond donors (Lipinski definition) is 2. The molecule has 1 aromatic carbocycles. The van der Waals surface area contributed by atoms with Crippen LogP contribution in [0.1, 0.15) is 6.92 Å². The minimum absolute atomic E-state index is 0.0170. The maximum atomic E-state index is 6.00. The Balaban J connectivity index is 1.91. The topological polar surface area (TPSA) is 65.1 Å². The van der Waals surface area contributed by atoms with Crippen molar-refractivity contribution < 1.29 is 4.74 Å². The molecule has 0 saturated carbocycles. The Labute approximate surface area is 106 Å². The van der Waals surface area contributed by atoms with Gasteiger partial charge >= 0.3 is 0 Å². The van der Waals surface area contributed by atoms with Crippen molar-refractivity contribution in [3.8, 4) is 5.69 Å². The largest absolute Gasteiger partial charge is 0.397 e. The van der Waals surface area contributed by atoms with Gasteiger partial charge in [-0.3, -0.25) is 0 Å². The van der Waals surface area contributed by atoms with E-state index in [9.17, 15) is 0 Å². The summed E-state index contributed by atoms with van der Waals surface area (Å²) in [5.74, 6) is 0. The number of rotatable bonds is 3. The first-order valence-corrected chi connectivity index (χ1v) is 5.92. The molecule has 0 radical (unpaired) electrons. The summed E-state index contributed by atoms with van der Waals surface area (Å²) in [7, 11) is 0. The van der Waals surface area contributed by atoms with Gasteiger partial charge in [-0.1, -0.05) is 0 Å². The minimum Gasteiger partial charge on any atom is -0.397 e. The van der Waals surface area contributed by atoms with Gasteiger partial charge < -0.3 is 15.8 Å². The first kappa shape index (κ1) is 11.1. The molecule has 0 unspecified atom stereocenters. The SMILES string of the molecule is CC1(Nc2cc(-n3cccn3)ccc2N)COC1. The molecule has 0 bridgehead atoms. The van der Waals surface area contributed by atoms with Crippen LogP contribution in [0.4, 0.5) is 11.4 Å². The van der Waals surface area contributed by atoms with Gasteiger partial charge in [0.1, 0.15) is 0 Å². The molecule has 0 aliphatic carbocycles. The number of ether oxygens (including phenoxy) is 1. The Hall–Kier alpha value is -2.01. The third-order valence-corrected chi connectivity index (χ3v) is 3.08. The van der Waals surface area contributed by atoms with Crippen molar-refractivity contribution in [2.45, 2.75) is 12.5 Å². The first-order chi connectivity index (χ1) is 8.66. The third-order valence-electron chi connectivity index (χ3n) is 3.08. The average molecular weight is 244 g/mol. The van der Waals surface area contributed by atoms with Gasteiger partial charge in [0.05, 0.1) is 35.8 Å². The second-order valence-corrected chi connectivity index (χ2v) is 4.90. The number of aromatic nitrogens is 2. The van der Waals surface area contributed by atoms with E-state index < -0.39 is 0 Å². The van der Waals surface area contributed by atoms with Crippen molar-refractivity contribution >= 4 is 11.4 Å². The van der Waals surface area contributed by atoms with Crippen LogP contribution in [0, 0.1) is 0 Å². The minimum atomic E-state index is -0.0170. The van der Waals surface area contributed by atoms with Crippen LogP contribution in [-0.4, -0.2) is 28.5 Å². The van der Waals surface area contributed by atoms with Gasteiger partial charge in [-0.25, -0.2) is 4.68 Å². The fourth-order valence-electron chi connectivity index (χ4n) is 2.02. The van der Waals surface area contributed by atoms with Crippen LogP contribution in [0.2, 0.25) is 0 Å². The second-order valence-electron chi connectivity index (χ2n) is 4.90. The number of nitrogens with zero attached hydrogens (tertiary/aromatic N) is 2. The quantitative estimate of drug-likeness (QED) is 0.806. The predicted molar refractivity (Wildman–Crippen MR) is 70.8 cm³/mol. The number of nitrogen functional groups attached to an aromatic ring is 1. The zero-order chi connectivity index (χ0) is 12.6. The van der Waals surface area contributed by atoms with Crippen LogP contribution in [0.3, 0.4) is 0 Å². The fourth-order valence-corrected chi connectivity index (χ4v) is 2.02. The van der Waals surface area contributed by atoms with Crippen molar-refractivity contribution in [2.24, 2.45) is 0 Å². The number of hydrogen-bond acceptors (Lipinski definition) is 4. The van der Waals surface area contributed by atoms with Crippen molar-refractivity contribution in [2.75, 3.05) is 24.3 Å². The van der Waals surface area contributed by atoms with Crippen LogP contribution < -0.4 is 11.1 Å². The van der Waals surface area contributed by atoms with Gasteiger partial charge in [-0.15, -0.1) is 0 Å². The summed E-state index contributed by atoms with van der Waals surface area (Å²) < 4.78 is 7.04.